The van der Waals surface area contributed by atoms with E-state index in [1.807, 2.05) is 18.2 Å². The summed E-state index contributed by atoms with van der Waals surface area (Å²) in [6, 6.07) is 14.3. The fourth-order valence-electron chi connectivity index (χ4n) is 3.73. The maximum Gasteiger partial charge on any atom is 0.251 e. The average Bonchev–Trinajstić information content (AvgIpc) is 3.42. The van der Waals surface area contributed by atoms with E-state index in [1.54, 1.807) is 11.3 Å². The molecule has 1 atom stereocenters. The number of benzene rings is 2. The van der Waals surface area contributed by atoms with Gasteiger partial charge in [0, 0.05) is 23.9 Å². The summed E-state index contributed by atoms with van der Waals surface area (Å²) in [5, 5.41) is 6.40. The van der Waals surface area contributed by atoms with E-state index in [0.717, 1.165) is 52.5 Å². The highest BCUT2D eigenvalue weighted by Gasteiger charge is 2.17. The van der Waals surface area contributed by atoms with Crippen LogP contribution in [-0.4, -0.2) is 34.9 Å². The Hall–Kier alpha value is -2.70. The summed E-state index contributed by atoms with van der Waals surface area (Å²) < 4.78 is 3.19. The number of aryl methyl sites for hydroxylation is 1. The van der Waals surface area contributed by atoms with Gasteiger partial charge in [0.2, 0.25) is 0 Å². The molecule has 1 saturated heterocycles. The number of hydrogen-bond donors (Lipinski definition) is 2. The van der Waals surface area contributed by atoms with Crippen LogP contribution < -0.4 is 10.6 Å². The number of nitrogens with one attached hydrogen (secondary N) is 2. The van der Waals surface area contributed by atoms with Gasteiger partial charge in [-0.3, -0.25) is 9.20 Å². The first kappa shape index (κ1) is 17.4. The lowest BCUT2D eigenvalue weighted by Gasteiger charge is -2.10. The molecule has 4 aromatic rings. The van der Waals surface area contributed by atoms with E-state index in [9.17, 15) is 4.79 Å². The smallest absolute Gasteiger partial charge is 0.251 e. The molecule has 5 rings (SSSR count). The molecule has 1 fully saturated rings. The van der Waals surface area contributed by atoms with Crippen LogP contribution in [0.5, 0.6) is 0 Å². The second kappa shape index (κ2) is 7.04. The fraction of sp³-hybridized carbons (Fsp3) is 0.273. The van der Waals surface area contributed by atoms with Crippen LogP contribution in [0, 0.1) is 12.8 Å². The van der Waals surface area contributed by atoms with E-state index in [0.29, 0.717) is 11.5 Å². The Morgan fingerprint density at radius 2 is 2.14 bits per heavy atom. The zero-order valence-corrected chi connectivity index (χ0v) is 16.6. The predicted octanol–water partition coefficient (Wildman–Crippen LogP) is 3.86. The molecule has 2 aromatic heterocycles. The number of carbonyl (C=O) groups excluding carboxylic acids is 1. The maximum atomic E-state index is 12.5. The first-order valence-corrected chi connectivity index (χ1v) is 10.5. The van der Waals surface area contributed by atoms with Gasteiger partial charge in [-0.05, 0) is 50.6 Å². The SMILES string of the molecule is Cc1ccc(-c2cn3c(n2)sc2cc(C(=O)NCC4CCNC4)ccc23)cc1. The van der Waals surface area contributed by atoms with Crippen molar-refractivity contribution in [2.75, 3.05) is 19.6 Å². The monoisotopic (exact) mass is 390 g/mol. The highest BCUT2D eigenvalue weighted by Crippen LogP contribution is 2.30. The van der Waals surface area contributed by atoms with Gasteiger partial charge < -0.3 is 10.6 Å². The van der Waals surface area contributed by atoms with Crippen molar-refractivity contribution in [1.82, 2.24) is 20.0 Å². The van der Waals surface area contributed by atoms with Gasteiger partial charge in [0.25, 0.3) is 5.91 Å². The van der Waals surface area contributed by atoms with Crippen LogP contribution in [0.25, 0.3) is 26.4 Å². The first-order chi connectivity index (χ1) is 13.7. The van der Waals surface area contributed by atoms with Crippen LogP contribution in [-0.2, 0) is 0 Å². The molecule has 142 valence electrons. The Morgan fingerprint density at radius 3 is 2.93 bits per heavy atom. The largest absolute Gasteiger partial charge is 0.352 e. The third kappa shape index (κ3) is 3.19. The lowest BCUT2D eigenvalue weighted by Crippen LogP contribution is -2.30. The molecule has 1 amide bonds. The number of thiazole rings is 1. The molecule has 6 heteroatoms. The van der Waals surface area contributed by atoms with Crippen LogP contribution in [0.15, 0.2) is 48.7 Å². The number of fused-ring (bicyclic) bond motifs is 3. The summed E-state index contributed by atoms with van der Waals surface area (Å²) >= 11 is 1.62. The molecule has 2 aromatic carbocycles. The third-order valence-corrected chi connectivity index (χ3v) is 6.43. The fourth-order valence-corrected chi connectivity index (χ4v) is 4.78. The quantitative estimate of drug-likeness (QED) is 0.556. The number of imidazole rings is 1. The molecule has 0 radical (unpaired) electrons. The summed E-state index contributed by atoms with van der Waals surface area (Å²) in [5.74, 6) is 0.540. The average molecular weight is 391 g/mol. The van der Waals surface area contributed by atoms with Crippen LogP contribution >= 0.6 is 11.3 Å². The predicted molar refractivity (Wildman–Crippen MR) is 114 cm³/mol. The van der Waals surface area contributed by atoms with Crippen molar-refractivity contribution in [3.8, 4) is 11.3 Å². The Kier molecular flexibility index (Phi) is 4.37. The minimum Gasteiger partial charge on any atom is -0.352 e. The second-order valence-corrected chi connectivity index (χ2v) is 8.51. The highest BCUT2D eigenvalue weighted by atomic mass is 32.1. The molecule has 28 heavy (non-hydrogen) atoms. The molecule has 1 aliphatic heterocycles. The molecule has 3 heterocycles. The van der Waals surface area contributed by atoms with E-state index in [2.05, 4.69) is 52.4 Å². The van der Waals surface area contributed by atoms with E-state index >= 15 is 0 Å². The van der Waals surface area contributed by atoms with Crippen molar-refractivity contribution in [3.05, 3.63) is 59.8 Å². The Balaban J connectivity index is 1.41. The minimum atomic E-state index is 0.000171. The van der Waals surface area contributed by atoms with E-state index < -0.39 is 0 Å². The van der Waals surface area contributed by atoms with E-state index in [-0.39, 0.29) is 5.91 Å². The number of nitrogens with zero attached hydrogens (tertiary/aromatic N) is 2. The zero-order valence-electron chi connectivity index (χ0n) is 15.7. The van der Waals surface area contributed by atoms with Gasteiger partial charge in [-0.15, -0.1) is 0 Å². The van der Waals surface area contributed by atoms with Gasteiger partial charge in [0.1, 0.15) is 0 Å². The summed E-state index contributed by atoms with van der Waals surface area (Å²) in [5.41, 5.74) is 5.13. The van der Waals surface area contributed by atoms with Gasteiger partial charge >= 0.3 is 0 Å². The van der Waals surface area contributed by atoms with Crippen LogP contribution in [0.1, 0.15) is 22.3 Å². The van der Waals surface area contributed by atoms with E-state index in [4.69, 9.17) is 4.98 Å². The van der Waals surface area contributed by atoms with Crippen molar-refractivity contribution < 1.29 is 4.79 Å². The van der Waals surface area contributed by atoms with Crippen LogP contribution in [0.4, 0.5) is 0 Å². The molecule has 0 spiro atoms. The Labute approximate surface area is 167 Å². The lowest BCUT2D eigenvalue weighted by molar-refractivity contribution is 0.0948. The van der Waals surface area contributed by atoms with Gasteiger partial charge in [-0.2, -0.15) is 0 Å². The molecule has 0 saturated carbocycles. The van der Waals surface area contributed by atoms with Gasteiger partial charge in [0.15, 0.2) is 4.96 Å². The molecule has 1 aliphatic rings. The molecule has 5 nitrogen and oxygen atoms in total. The lowest BCUT2D eigenvalue weighted by atomic mass is 10.1. The number of carbonyl (C=O) groups is 1. The summed E-state index contributed by atoms with van der Waals surface area (Å²) in [7, 11) is 0. The number of aromatic nitrogens is 2. The van der Waals surface area contributed by atoms with Gasteiger partial charge in [-0.25, -0.2) is 4.98 Å². The van der Waals surface area contributed by atoms with Gasteiger partial charge in [-0.1, -0.05) is 41.2 Å². The Morgan fingerprint density at radius 1 is 1.29 bits per heavy atom. The normalized spacial score (nSPS) is 16.8. The number of amides is 1. The summed E-state index contributed by atoms with van der Waals surface area (Å²) in [6.45, 7) is 4.86. The molecule has 0 aliphatic carbocycles. The standard InChI is InChI=1S/C22H22N4OS/c1-14-2-4-16(5-3-14)18-13-26-19-7-6-17(10-20(19)28-22(26)25-18)21(27)24-12-15-8-9-23-11-15/h2-7,10,13,15,23H,8-9,11-12H2,1H3,(H,24,27). The van der Waals surface area contributed by atoms with Crippen LogP contribution in [0.2, 0.25) is 0 Å². The van der Waals surface area contributed by atoms with Crippen molar-refractivity contribution in [1.29, 1.82) is 0 Å². The van der Waals surface area contributed by atoms with Crippen molar-refractivity contribution in [2.24, 2.45) is 5.92 Å². The molecule has 0 bridgehead atoms. The zero-order chi connectivity index (χ0) is 19.1. The number of hydrogen-bond acceptors (Lipinski definition) is 4. The van der Waals surface area contributed by atoms with E-state index in [1.165, 1.54) is 5.56 Å². The highest BCUT2D eigenvalue weighted by molar-refractivity contribution is 7.23. The van der Waals surface area contributed by atoms with Crippen molar-refractivity contribution in [3.63, 3.8) is 0 Å². The van der Waals surface area contributed by atoms with Crippen LogP contribution in [0.3, 0.4) is 0 Å². The van der Waals surface area contributed by atoms with Crippen molar-refractivity contribution >= 4 is 32.4 Å². The molecular weight excluding hydrogens is 368 g/mol. The maximum absolute atomic E-state index is 12.5. The number of rotatable bonds is 4. The second-order valence-electron chi connectivity index (χ2n) is 7.50. The summed E-state index contributed by atoms with van der Waals surface area (Å²) in [4.78, 5) is 18.2. The van der Waals surface area contributed by atoms with Crippen molar-refractivity contribution in [2.45, 2.75) is 13.3 Å². The first-order valence-electron chi connectivity index (χ1n) is 9.65. The van der Waals surface area contributed by atoms with Gasteiger partial charge in [0.05, 0.1) is 15.9 Å². The minimum absolute atomic E-state index is 0.000171. The third-order valence-electron chi connectivity index (χ3n) is 5.42. The molecular formula is C22H22N4OS. The summed E-state index contributed by atoms with van der Waals surface area (Å²) in [6.07, 6.45) is 3.20. The Bertz CT molecular complexity index is 1150. The molecule has 1 unspecified atom stereocenters. The topological polar surface area (TPSA) is 58.4 Å². The molecule has 2 N–H and O–H groups in total.